The molecule has 0 saturated carbocycles. The van der Waals surface area contributed by atoms with E-state index in [-0.39, 0.29) is 117 Å². The number of rotatable bonds is 19. The topological polar surface area (TPSA) is 458 Å². The molecule has 0 bridgehead atoms. The van der Waals surface area contributed by atoms with E-state index < -0.39 is 200 Å². The maximum absolute atomic E-state index is 14.2. The number of amides is 13. The smallest absolute Gasteiger partial charge is 0.326 e. The number of carboxylic acid groups (broad SMARTS) is 1. The Morgan fingerprint density at radius 3 is 1.08 bits per heavy atom. The lowest BCUT2D eigenvalue weighted by atomic mass is 10.1. The third kappa shape index (κ3) is 14.7. The van der Waals surface area contributed by atoms with Crippen LogP contribution in [0.5, 0.6) is 0 Å². The zero-order valence-electron chi connectivity index (χ0n) is 50.0. The number of nitrogens with one attached hydrogen (secondary N) is 6. The van der Waals surface area contributed by atoms with Crippen molar-refractivity contribution in [2.45, 2.75) is 181 Å². The molecule has 34 nitrogen and oxygen atoms in total. The number of aliphatic hydroxyl groups is 5. The van der Waals surface area contributed by atoms with Crippen molar-refractivity contribution < 1.29 is 97.8 Å². The van der Waals surface area contributed by atoms with Crippen LogP contribution in [0, 0.1) is 0 Å². The second-order valence-electron chi connectivity index (χ2n) is 24.9. The molecule has 496 valence electrons. The highest BCUT2D eigenvalue weighted by molar-refractivity contribution is 5.99. The first-order chi connectivity index (χ1) is 42.8. The molecule has 90 heavy (non-hydrogen) atoms. The van der Waals surface area contributed by atoms with E-state index in [2.05, 4.69) is 31.9 Å². The number of β-amino-alcohol motifs (C(OH)–C–C–N with tert-alkyl or cyclic N) is 5. The molecule has 9 fully saturated rings. The van der Waals surface area contributed by atoms with Gasteiger partial charge < -0.3 is 102 Å². The van der Waals surface area contributed by atoms with Crippen molar-refractivity contribution in [2.75, 3.05) is 85.1 Å². The maximum Gasteiger partial charge on any atom is 0.326 e. The molecule has 0 aliphatic carbocycles. The first-order valence-electron chi connectivity index (χ1n) is 31.0. The van der Waals surface area contributed by atoms with E-state index in [0.29, 0.717) is 25.7 Å². The van der Waals surface area contributed by atoms with Gasteiger partial charge in [0, 0.05) is 84.6 Å². The zero-order chi connectivity index (χ0) is 65.0. The Hall–Kier alpha value is -7.66. The molecule has 9 saturated heterocycles. The van der Waals surface area contributed by atoms with E-state index >= 15 is 0 Å². The average Bonchev–Trinajstić information content (AvgIpc) is 1.69. The Labute approximate surface area is 516 Å². The lowest BCUT2D eigenvalue weighted by Crippen LogP contribution is -2.57. The van der Waals surface area contributed by atoms with Crippen LogP contribution in [0.1, 0.15) is 90.4 Å². The third-order valence-corrected chi connectivity index (χ3v) is 18.7. The summed E-state index contributed by atoms with van der Waals surface area (Å²) in [4.78, 5) is 198. The Morgan fingerprint density at radius 1 is 0.389 bits per heavy atom. The van der Waals surface area contributed by atoms with Gasteiger partial charge in [-0.25, -0.2) is 4.79 Å². The fourth-order valence-corrected chi connectivity index (χ4v) is 14.2. The number of likely N-dealkylation sites (tertiary alicyclic amines) is 8. The van der Waals surface area contributed by atoms with Crippen LogP contribution in [0.3, 0.4) is 0 Å². The zero-order valence-corrected chi connectivity index (χ0v) is 50.0. The SMILES string of the molecule is C[C@H](NC(=O)[C@@H]1CCCN1C(=O)CNC(=O)[C@@H]1C[C@@H](O)CN1C(=O)[C@@H]1CCCN1C(=O)CNC(=O)[C@@H]1C[C@@H](O)CN1C(=O)[C@@H]1CCCN1C(=O)CNC(=O)[C@@H]1C[C@@H](O)CN1)C(=O)N1C[C@H](O)C[C@H]1C(=O)NCC(=O)N1CCC[C@H]1C(=O)N1C[C@H](O)C[C@H]1C(=O)O. The largest absolute Gasteiger partial charge is 0.480 e. The summed E-state index contributed by atoms with van der Waals surface area (Å²) in [6, 6.07) is -11.2. The minimum Gasteiger partial charge on any atom is -0.480 e. The Balaban J connectivity index is 0.720. The van der Waals surface area contributed by atoms with Crippen molar-refractivity contribution in [3.05, 3.63) is 0 Å². The molecule has 13 amide bonds. The Kier molecular flexibility index (Phi) is 21.3. The molecule has 0 aromatic heterocycles. The van der Waals surface area contributed by atoms with Crippen LogP contribution in [-0.2, 0) is 67.1 Å². The third-order valence-electron chi connectivity index (χ3n) is 18.7. The lowest BCUT2D eigenvalue weighted by Gasteiger charge is -2.32. The first kappa shape index (κ1) is 66.8. The number of carboxylic acids is 1. The summed E-state index contributed by atoms with van der Waals surface area (Å²) in [6.45, 7) is -1.10. The van der Waals surface area contributed by atoms with Gasteiger partial charge in [0.2, 0.25) is 76.8 Å². The maximum atomic E-state index is 14.2. The highest BCUT2D eigenvalue weighted by Gasteiger charge is 2.50. The summed E-state index contributed by atoms with van der Waals surface area (Å²) >= 11 is 0. The molecular weight excluding hydrogens is 1190 g/mol. The van der Waals surface area contributed by atoms with Gasteiger partial charge in [0.1, 0.15) is 54.4 Å². The van der Waals surface area contributed by atoms with Crippen molar-refractivity contribution >= 4 is 82.8 Å². The molecule has 9 rings (SSSR count). The molecule has 9 aliphatic heterocycles. The predicted molar refractivity (Wildman–Crippen MR) is 303 cm³/mol. The molecule has 0 unspecified atom stereocenters. The molecular formula is C56H82N14O20. The lowest BCUT2D eigenvalue weighted by molar-refractivity contribution is -0.151. The molecule has 9 aliphatic rings. The highest BCUT2D eigenvalue weighted by atomic mass is 16.4. The predicted octanol–water partition coefficient (Wildman–Crippen LogP) is -9.43. The summed E-state index contributed by atoms with van der Waals surface area (Å²) in [6.07, 6.45) is -3.21. The number of hydrogen-bond donors (Lipinski definition) is 12. The van der Waals surface area contributed by atoms with Gasteiger partial charge in [-0.2, -0.15) is 0 Å². The van der Waals surface area contributed by atoms with Gasteiger partial charge in [0.25, 0.3) is 0 Å². The summed E-state index contributed by atoms with van der Waals surface area (Å²) in [5.74, 6) is -10.0. The van der Waals surface area contributed by atoms with E-state index in [1.165, 1.54) is 31.4 Å². The van der Waals surface area contributed by atoms with Gasteiger partial charge in [-0.3, -0.25) is 62.3 Å². The quantitative estimate of drug-likeness (QED) is 0.0571. The van der Waals surface area contributed by atoms with E-state index in [0.717, 1.165) is 14.7 Å². The fourth-order valence-electron chi connectivity index (χ4n) is 14.2. The molecule has 0 radical (unpaired) electrons. The number of aliphatic carboxylic acids is 1. The van der Waals surface area contributed by atoms with Crippen LogP contribution in [-0.4, -0.2) is 329 Å². The normalized spacial score (nSPS) is 31.0. The highest BCUT2D eigenvalue weighted by Crippen LogP contribution is 2.30. The van der Waals surface area contributed by atoms with Crippen LogP contribution in [0.25, 0.3) is 0 Å². The number of carbonyl (C=O) groups excluding carboxylic acids is 13. The molecule has 0 spiro atoms. The molecule has 0 aromatic rings. The van der Waals surface area contributed by atoms with Crippen molar-refractivity contribution in [3.8, 4) is 0 Å². The van der Waals surface area contributed by atoms with Gasteiger partial charge >= 0.3 is 5.97 Å². The van der Waals surface area contributed by atoms with E-state index in [1.807, 2.05) is 0 Å². The van der Waals surface area contributed by atoms with Crippen LogP contribution in [0.15, 0.2) is 0 Å². The van der Waals surface area contributed by atoms with Crippen molar-refractivity contribution in [2.24, 2.45) is 0 Å². The van der Waals surface area contributed by atoms with Gasteiger partial charge in [0.05, 0.1) is 62.7 Å². The van der Waals surface area contributed by atoms with Crippen LogP contribution in [0.4, 0.5) is 0 Å². The summed E-state index contributed by atoms with van der Waals surface area (Å²) < 4.78 is 0. The Bertz CT molecular complexity index is 2850. The molecule has 0 aromatic carbocycles. The van der Waals surface area contributed by atoms with Gasteiger partial charge in [-0.05, 0) is 64.7 Å². The summed E-state index contributed by atoms with van der Waals surface area (Å²) in [5.41, 5.74) is 0. The van der Waals surface area contributed by atoms with E-state index in [1.54, 1.807) is 0 Å². The summed E-state index contributed by atoms with van der Waals surface area (Å²) in [5, 5.41) is 76.9. The van der Waals surface area contributed by atoms with Gasteiger partial charge in [-0.15, -0.1) is 0 Å². The molecule has 12 N–H and O–H groups in total. The molecule has 15 atom stereocenters. The number of aliphatic hydroxyl groups excluding tert-OH is 5. The number of hydrogen-bond acceptors (Lipinski definition) is 20. The van der Waals surface area contributed by atoms with Crippen LogP contribution >= 0.6 is 0 Å². The first-order valence-corrected chi connectivity index (χ1v) is 31.0. The van der Waals surface area contributed by atoms with Gasteiger partial charge in [0.15, 0.2) is 0 Å². The minimum atomic E-state index is -1.29. The minimum absolute atomic E-state index is 0.0975. The summed E-state index contributed by atoms with van der Waals surface area (Å²) in [7, 11) is 0. The Morgan fingerprint density at radius 2 is 0.711 bits per heavy atom. The molecule has 34 heteroatoms. The van der Waals surface area contributed by atoms with E-state index in [4.69, 9.17) is 0 Å². The van der Waals surface area contributed by atoms with Crippen molar-refractivity contribution in [1.82, 2.24) is 71.1 Å². The fraction of sp³-hybridized carbons (Fsp3) is 0.750. The van der Waals surface area contributed by atoms with E-state index in [9.17, 15) is 97.8 Å². The number of nitrogens with zero attached hydrogens (tertiary/aromatic N) is 8. The standard InChI is InChI=1S/C56H82N14O20/c1-28(52(85)67-24-30(72)15-39(67)48(81)60-22-46(79)66-13-5-9-38(66)55(88)70-27-33(75)18-42(70)56(89)90)62-51(84)35-6-2-10-63(35)43(76)21-59-49(82)40-16-31(73)25-68(40)54(87)37-8-4-12-65(37)45(78)23-61-50(83)41-17-32(74)26-69(41)53(86)36-7-3-11-64(36)44(77)20-58-47(80)34-14-29(71)19-57-34/h28-42,57,71-75H,2-27H2,1H3,(H,58,80)(H,59,82)(H,60,81)(H,61,83)(H,62,84)(H,89,90)/t28-,29+,30+,31+,32+,33+,34-,35-,36-,37-,38-,39-,40-,41-,42-/m0/s1. The second-order valence-corrected chi connectivity index (χ2v) is 24.9. The van der Waals surface area contributed by atoms with Crippen molar-refractivity contribution in [1.29, 1.82) is 0 Å². The second kappa shape index (κ2) is 28.7. The average molecular weight is 1270 g/mol. The molecule has 9 heterocycles. The van der Waals surface area contributed by atoms with Crippen molar-refractivity contribution in [3.63, 3.8) is 0 Å². The van der Waals surface area contributed by atoms with Gasteiger partial charge in [-0.1, -0.05) is 0 Å². The van der Waals surface area contributed by atoms with Crippen LogP contribution in [0.2, 0.25) is 0 Å². The van der Waals surface area contributed by atoms with Crippen LogP contribution < -0.4 is 31.9 Å². The monoisotopic (exact) mass is 1270 g/mol. The number of carbonyl (C=O) groups is 14.